The molecule has 0 heterocycles. The van der Waals surface area contributed by atoms with Crippen molar-refractivity contribution in [2.45, 2.75) is 47.0 Å². The predicted octanol–water partition coefficient (Wildman–Crippen LogP) is 3.06. The fourth-order valence-corrected chi connectivity index (χ4v) is 0.595. The summed E-state index contributed by atoms with van der Waals surface area (Å²) < 4.78 is 0. The highest BCUT2D eigenvalue weighted by Gasteiger charge is 1.94. The molecule has 0 radical (unpaired) electrons. The number of hydrogen-bond donors (Lipinski definition) is 1. The van der Waals surface area contributed by atoms with Crippen LogP contribution >= 0.6 is 0 Å². The molecule has 0 aromatic carbocycles. The van der Waals surface area contributed by atoms with Crippen LogP contribution in [0.25, 0.3) is 0 Å². The molecule has 1 nitrogen and oxygen atoms in total. The Morgan fingerprint density at radius 2 is 1.64 bits per heavy atom. The summed E-state index contributed by atoms with van der Waals surface area (Å²) >= 11 is 0. The Hall–Kier alpha value is -0.0400. The fourth-order valence-electron chi connectivity index (χ4n) is 0.595. The third kappa shape index (κ3) is 17.8. The normalized spacial score (nSPS) is 11.7. The van der Waals surface area contributed by atoms with Crippen molar-refractivity contribution in [3.63, 3.8) is 0 Å². The molecule has 0 fully saturated rings. The molecule has 0 rings (SSSR count). The summed E-state index contributed by atoms with van der Waals surface area (Å²) in [6, 6.07) is 0. The standard InChI is InChI=1S/C7H17N.C3H8/c1-4-7(2)5-6-8-3;1-3-2/h7-8H,4-6H2,1-3H3;3H2,1-2H3. The van der Waals surface area contributed by atoms with Crippen LogP contribution in [0.3, 0.4) is 0 Å². The van der Waals surface area contributed by atoms with E-state index >= 15 is 0 Å². The van der Waals surface area contributed by atoms with Crippen molar-refractivity contribution >= 4 is 0 Å². The van der Waals surface area contributed by atoms with Crippen LogP contribution in [0.15, 0.2) is 0 Å². The quantitative estimate of drug-likeness (QED) is 0.665. The Morgan fingerprint density at radius 1 is 1.18 bits per heavy atom. The summed E-state index contributed by atoms with van der Waals surface area (Å²) in [7, 11) is 2.00. The van der Waals surface area contributed by atoms with Crippen molar-refractivity contribution in [3.05, 3.63) is 0 Å². The molecule has 0 aromatic heterocycles. The Labute approximate surface area is 72.6 Å². The van der Waals surface area contributed by atoms with Gasteiger partial charge in [-0.15, -0.1) is 0 Å². The smallest absolute Gasteiger partial charge is 0.00494 e. The summed E-state index contributed by atoms with van der Waals surface area (Å²) in [6.45, 7) is 9.94. The van der Waals surface area contributed by atoms with Gasteiger partial charge in [0, 0.05) is 0 Å². The van der Waals surface area contributed by atoms with E-state index in [2.05, 4.69) is 33.0 Å². The van der Waals surface area contributed by atoms with Gasteiger partial charge in [0.15, 0.2) is 0 Å². The molecule has 0 amide bonds. The molecule has 11 heavy (non-hydrogen) atoms. The van der Waals surface area contributed by atoms with Gasteiger partial charge < -0.3 is 5.32 Å². The summed E-state index contributed by atoms with van der Waals surface area (Å²) in [5, 5.41) is 3.13. The average molecular weight is 159 g/mol. The van der Waals surface area contributed by atoms with Crippen LogP contribution in [0.4, 0.5) is 0 Å². The number of hydrogen-bond acceptors (Lipinski definition) is 1. The largest absolute Gasteiger partial charge is 0.320 e. The first-order valence-corrected chi connectivity index (χ1v) is 4.87. The zero-order valence-corrected chi connectivity index (χ0v) is 8.91. The molecule has 0 aromatic rings. The Balaban J connectivity index is 0. The molecule has 1 unspecified atom stereocenters. The van der Waals surface area contributed by atoms with E-state index in [1.165, 1.54) is 19.3 Å². The minimum atomic E-state index is 0.891. The van der Waals surface area contributed by atoms with E-state index in [9.17, 15) is 0 Å². The van der Waals surface area contributed by atoms with Crippen molar-refractivity contribution < 1.29 is 0 Å². The molecular weight excluding hydrogens is 134 g/mol. The van der Waals surface area contributed by atoms with Crippen LogP contribution in [0.1, 0.15) is 47.0 Å². The second-order valence-electron chi connectivity index (χ2n) is 3.11. The van der Waals surface area contributed by atoms with Gasteiger partial charge in [0.05, 0.1) is 0 Å². The topological polar surface area (TPSA) is 12.0 Å². The molecule has 0 aliphatic heterocycles. The SMILES string of the molecule is CCC.CCC(C)CCNC. The molecule has 70 valence electrons. The second kappa shape index (κ2) is 12.6. The van der Waals surface area contributed by atoms with Crippen molar-refractivity contribution in [2.24, 2.45) is 5.92 Å². The summed E-state index contributed by atoms with van der Waals surface area (Å²) in [5.41, 5.74) is 0. The Kier molecular flexibility index (Phi) is 15.5. The maximum absolute atomic E-state index is 3.13. The number of rotatable bonds is 4. The van der Waals surface area contributed by atoms with Crippen LogP contribution in [0.2, 0.25) is 0 Å². The van der Waals surface area contributed by atoms with Crippen molar-refractivity contribution in [3.8, 4) is 0 Å². The van der Waals surface area contributed by atoms with Gasteiger partial charge in [-0.25, -0.2) is 0 Å². The lowest BCUT2D eigenvalue weighted by Crippen LogP contribution is -2.10. The van der Waals surface area contributed by atoms with Crippen LogP contribution in [-0.2, 0) is 0 Å². The minimum absolute atomic E-state index is 0.891. The van der Waals surface area contributed by atoms with E-state index < -0.39 is 0 Å². The van der Waals surface area contributed by atoms with E-state index in [1.807, 2.05) is 7.05 Å². The number of nitrogens with one attached hydrogen (secondary N) is 1. The molecule has 0 bridgehead atoms. The van der Waals surface area contributed by atoms with Crippen LogP contribution < -0.4 is 5.32 Å². The predicted molar refractivity (Wildman–Crippen MR) is 54.0 cm³/mol. The first-order chi connectivity index (χ1) is 5.22. The molecule has 0 saturated heterocycles. The van der Waals surface area contributed by atoms with Crippen molar-refractivity contribution in [2.75, 3.05) is 13.6 Å². The summed E-state index contributed by atoms with van der Waals surface area (Å²) in [4.78, 5) is 0. The van der Waals surface area contributed by atoms with Gasteiger partial charge in [-0.1, -0.05) is 40.5 Å². The maximum Gasteiger partial charge on any atom is -0.00494 e. The monoisotopic (exact) mass is 159 g/mol. The van der Waals surface area contributed by atoms with Gasteiger partial charge in [-0.2, -0.15) is 0 Å². The van der Waals surface area contributed by atoms with E-state index in [4.69, 9.17) is 0 Å². The molecular formula is C10H25N. The Bertz CT molecular complexity index is 52.8. The lowest BCUT2D eigenvalue weighted by molar-refractivity contribution is 0.503. The highest BCUT2D eigenvalue weighted by molar-refractivity contribution is 4.50. The van der Waals surface area contributed by atoms with Gasteiger partial charge in [0.25, 0.3) is 0 Å². The van der Waals surface area contributed by atoms with Gasteiger partial charge in [0.2, 0.25) is 0 Å². The van der Waals surface area contributed by atoms with E-state index in [1.54, 1.807) is 0 Å². The zero-order chi connectivity index (χ0) is 9.11. The van der Waals surface area contributed by atoms with E-state index in [0.717, 1.165) is 12.5 Å². The first kappa shape index (κ1) is 13.5. The summed E-state index contributed by atoms with van der Waals surface area (Å²) in [5.74, 6) is 0.891. The lowest BCUT2D eigenvalue weighted by atomic mass is 10.1. The van der Waals surface area contributed by atoms with Gasteiger partial charge in [-0.05, 0) is 25.9 Å². The van der Waals surface area contributed by atoms with Crippen LogP contribution in [-0.4, -0.2) is 13.6 Å². The van der Waals surface area contributed by atoms with Crippen LogP contribution in [0, 0.1) is 5.92 Å². The van der Waals surface area contributed by atoms with Gasteiger partial charge >= 0.3 is 0 Å². The van der Waals surface area contributed by atoms with E-state index in [0.29, 0.717) is 0 Å². The third-order valence-corrected chi connectivity index (χ3v) is 1.58. The molecule has 1 heteroatoms. The maximum atomic E-state index is 3.13. The zero-order valence-electron chi connectivity index (χ0n) is 8.91. The molecule has 0 aliphatic rings. The van der Waals surface area contributed by atoms with Gasteiger partial charge in [-0.3, -0.25) is 0 Å². The molecule has 0 aliphatic carbocycles. The molecule has 1 N–H and O–H groups in total. The van der Waals surface area contributed by atoms with Crippen LogP contribution in [0.5, 0.6) is 0 Å². The minimum Gasteiger partial charge on any atom is -0.320 e. The van der Waals surface area contributed by atoms with Crippen molar-refractivity contribution in [1.82, 2.24) is 5.32 Å². The Morgan fingerprint density at radius 3 is 1.91 bits per heavy atom. The van der Waals surface area contributed by atoms with Crippen molar-refractivity contribution in [1.29, 1.82) is 0 Å². The molecule has 0 spiro atoms. The second-order valence-corrected chi connectivity index (χ2v) is 3.11. The third-order valence-electron chi connectivity index (χ3n) is 1.58. The fraction of sp³-hybridized carbons (Fsp3) is 1.00. The summed E-state index contributed by atoms with van der Waals surface area (Å²) in [6.07, 6.45) is 3.87. The van der Waals surface area contributed by atoms with Gasteiger partial charge in [0.1, 0.15) is 0 Å². The molecule has 1 atom stereocenters. The highest BCUT2D eigenvalue weighted by Crippen LogP contribution is 2.03. The average Bonchev–Trinajstić information content (AvgIpc) is 2.02. The highest BCUT2D eigenvalue weighted by atomic mass is 14.8. The lowest BCUT2D eigenvalue weighted by Gasteiger charge is -2.05. The first-order valence-electron chi connectivity index (χ1n) is 4.87. The molecule has 0 saturated carbocycles. The van der Waals surface area contributed by atoms with E-state index in [-0.39, 0.29) is 0 Å².